The molecule has 2 atom stereocenters. The molecule has 4 heteroatoms. The van der Waals surface area contributed by atoms with Gasteiger partial charge in [-0.05, 0) is 18.4 Å². The fourth-order valence-electron chi connectivity index (χ4n) is 3.09. The Morgan fingerprint density at radius 2 is 1.74 bits per heavy atom. The summed E-state index contributed by atoms with van der Waals surface area (Å²) in [6.45, 7) is 0.540. The molecule has 1 fully saturated rings. The number of benzene rings is 2. The molecule has 1 aliphatic rings. The van der Waals surface area contributed by atoms with E-state index in [0.29, 0.717) is 13.0 Å². The van der Waals surface area contributed by atoms with Crippen LogP contribution in [0, 0.1) is 0 Å². The molecule has 2 aromatic carbocycles. The molecule has 0 bridgehead atoms. The lowest BCUT2D eigenvalue weighted by Gasteiger charge is -2.42. The second-order valence-electron chi connectivity index (χ2n) is 5.69. The second kappa shape index (κ2) is 7.23. The topological polar surface area (TPSA) is 58.9 Å². The molecular formula is C19H22O4. The zero-order valence-electron chi connectivity index (χ0n) is 13.0. The maximum atomic E-state index is 9.73. The van der Waals surface area contributed by atoms with Crippen molar-refractivity contribution in [2.45, 2.75) is 31.3 Å². The zero-order valence-corrected chi connectivity index (χ0v) is 13.0. The Morgan fingerprint density at radius 3 is 2.48 bits per heavy atom. The number of ether oxygens (including phenoxy) is 2. The Labute approximate surface area is 136 Å². The minimum Gasteiger partial charge on any atom is -0.396 e. The molecule has 122 valence electrons. The third-order valence-electron chi connectivity index (χ3n) is 4.22. The standard InChI is InChI=1S/C19H22O4/c20-12-10-17-11-13-22-19(23-17,16-7-2-1-3-8-16)18-9-5-4-6-15(18)14-21/h1-9,17,20-21H,10-14H2. The van der Waals surface area contributed by atoms with Crippen molar-refractivity contribution in [3.8, 4) is 0 Å². The molecule has 2 unspecified atom stereocenters. The minimum absolute atomic E-state index is 0.0805. The van der Waals surface area contributed by atoms with Crippen LogP contribution in [0.25, 0.3) is 0 Å². The summed E-state index contributed by atoms with van der Waals surface area (Å²) >= 11 is 0. The van der Waals surface area contributed by atoms with E-state index in [2.05, 4.69) is 0 Å². The molecule has 0 radical (unpaired) electrons. The number of rotatable bonds is 5. The monoisotopic (exact) mass is 314 g/mol. The van der Waals surface area contributed by atoms with Crippen LogP contribution in [0.1, 0.15) is 29.5 Å². The van der Waals surface area contributed by atoms with Crippen LogP contribution in [0.15, 0.2) is 54.6 Å². The Bertz CT molecular complexity index is 626. The van der Waals surface area contributed by atoms with Gasteiger partial charge in [-0.15, -0.1) is 0 Å². The molecule has 0 spiro atoms. The SMILES string of the molecule is OCCC1CCOC(c2ccccc2)(c2ccccc2CO)O1. The largest absolute Gasteiger partial charge is 0.396 e. The lowest BCUT2D eigenvalue weighted by molar-refractivity contribution is -0.280. The molecule has 2 N–H and O–H groups in total. The first-order valence-corrected chi connectivity index (χ1v) is 7.97. The third kappa shape index (κ3) is 3.16. The third-order valence-corrected chi connectivity index (χ3v) is 4.22. The predicted octanol–water partition coefficient (Wildman–Crippen LogP) is 2.57. The molecule has 1 heterocycles. The van der Waals surface area contributed by atoms with Gasteiger partial charge in [0.1, 0.15) is 0 Å². The summed E-state index contributed by atoms with van der Waals surface area (Å²) in [5.74, 6) is -1.04. The number of hydrogen-bond acceptors (Lipinski definition) is 4. The molecule has 3 rings (SSSR count). The summed E-state index contributed by atoms with van der Waals surface area (Å²) in [5.41, 5.74) is 2.49. The first kappa shape index (κ1) is 16.1. The van der Waals surface area contributed by atoms with Crippen molar-refractivity contribution in [1.29, 1.82) is 0 Å². The minimum atomic E-state index is -1.04. The molecule has 0 saturated carbocycles. The first-order valence-electron chi connectivity index (χ1n) is 7.97. The highest BCUT2D eigenvalue weighted by Gasteiger charge is 2.43. The van der Waals surface area contributed by atoms with E-state index in [-0.39, 0.29) is 19.3 Å². The summed E-state index contributed by atoms with van der Waals surface area (Å²) in [5, 5.41) is 19.0. The predicted molar refractivity (Wildman–Crippen MR) is 86.7 cm³/mol. The quantitative estimate of drug-likeness (QED) is 0.890. The van der Waals surface area contributed by atoms with Crippen molar-refractivity contribution in [3.63, 3.8) is 0 Å². The van der Waals surface area contributed by atoms with Crippen LogP contribution in [-0.2, 0) is 21.9 Å². The maximum absolute atomic E-state index is 9.73. The Kier molecular flexibility index (Phi) is 5.08. The highest BCUT2D eigenvalue weighted by molar-refractivity contribution is 5.39. The second-order valence-corrected chi connectivity index (χ2v) is 5.69. The molecule has 1 saturated heterocycles. The lowest BCUT2D eigenvalue weighted by atomic mass is 9.91. The summed E-state index contributed by atoms with van der Waals surface area (Å²) < 4.78 is 12.5. The van der Waals surface area contributed by atoms with Gasteiger partial charge >= 0.3 is 0 Å². The van der Waals surface area contributed by atoms with Gasteiger partial charge in [0.15, 0.2) is 0 Å². The van der Waals surface area contributed by atoms with Gasteiger partial charge in [-0.2, -0.15) is 0 Å². The van der Waals surface area contributed by atoms with Gasteiger partial charge in [0.05, 0.1) is 19.3 Å². The van der Waals surface area contributed by atoms with Crippen LogP contribution >= 0.6 is 0 Å². The van der Waals surface area contributed by atoms with Crippen LogP contribution < -0.4 is 0 Å². The van der Waals surface area contributed by atoms with Crippen LogP contribution in [-0.4, -0.2) is 29.5 Å². The molecule has 1 aliphatic heterocycles. The smallest absolute Gasteiger partial charge is 0.222 e. The normalized spacial score (nSPS) is 24.5. The van der Waals surface area contributed by atoms with Crippen LogP contribution in [0.3, 0.4) is 0 Å². The highest BCUT2D eigenvalue weighted by Crippen LogP contribution is 2.41. The van der Waals surface area contributed by atoms with Gasteiger partial charge < -0.3 is 19.7 Å². The Morgan fingerprint density at radius 1 is 1.00 bits per heavy atom. The van der Waals surface area contributed by atoms with E-state index in [1.54, 1.807) is 0 Å². The average Bonchev–Trinajstić information content (AvgIpc) is 2.63. The van der Waals surface area contributed by atoms with Crippen LogP contribution in [0.5, 0.6) is 0 Å². The van der Waals surface area contributed by atoms with Crippen LogP contribution in [0.4, 0.5) is 0 Å². The summed E-state index contributed by atoms with van der Waals surface area (Å²) in [4.78, 5) is 0. The molecule has 23 heavy (non-hydrogen) atoms. The number of aliphatic hydroxyl groups is 2. The van der Waals surface area contributed by atoms with Crippen molar-refractivity contribution in [2.24, 2.45) is 0 Å². The number of hydrogen-bond donors (Lipinski definition) is 2. The fourth-order valence-corrected chi connectivity index (χ4v) is 3.09. The van der Waals surface area contributed by atoms with Crippen LogP contribution in [0.2, 0.25) is 0 Å². The van der Waals surface area contributed by atoms with E-state index in [1.807, 2.05) is 54.6 Å². The first-order chi connectivity index (χ1) is 11.3. The van der Waals surface area contributed by atoms with Gasteiger partial charge in [-0.25, -0.2) is 0 Å². The van der Waals surface area contributed by atoms with E-state index in [1.165, 1.54) is 0 Å². The van der Waals surface area contributed by atoms with E-state index < -0.39 is 5.79 Å². The molecular weight excluding hydrogens is 292 g/mol. The summed E-state index contributed by atoms with van der Waals surface area (Å²) in [7, 11) is 0. The molecule has 0 aliphatic carbocycles. The number of aliphatic hydroxyl groups excluding tert-OH is 2. The van der Waals surface area contributed by atoms with Gasteiger partial charge in [-0.1, -0.05) is 54.6 Å². The molecule has 4 nitrogen and oxygen atoms in total. The summed E-state index contributed by atoms with van der Waals surface area (Å²) in [6, 6.07) is 17.4. The van der Waals surface area contributed by atoms with Gasteiger partial charge in [0.25, 0.3) is 0 Å². The van der Waals surface area contributed by atoms with Crippen molar-refractivity contribution < 1.29 is 19.7 Å². The van der Waals surface area contributed by atoms with Crippen molar-refractivity contribution >= 4 is 0 Å². The van der Waals surface area contributed by atoms with E-state index in [9.17, 15) is 10.2 Å². The maximum Gasteiger partial charge on any atom is 0.222 e. The van der Waals surface area contributed by atoms with Crippen molar-refractivity contribution in [2.75, 3.05) is 13.2 Å². The van der Waals surface area contributed by atoms with E-state index in [4.69, 9.17) is 9.47 Å². The Hall–Kier alpha value is -1.72. The van der Waals surface area contributed by atoms with Gasteiger partial charge in [0.2, 0.25) is 5.79 Å². The average molecular weight is 314 g/mol. The lowest BCUT2D eigenvalue weighted by Crippen LogP contribution is -2.44. The Balaban J connectivity index is 2.10. The van der Waals surface area contributed by atoms with E-state index in [0.717, 1.165) is 23.1 Å². The summed E-state index contributed by atoms with van der Waals surface area (Å²) in [6.07, 6.45) is 1.23. The van der Waals surface area contributed by atoms with Gasteiger partial charge in [0, 0.05) is 17.7 Å². The molecule has 0 aromatic heterocycles. The molecule has 0 amide bonds. The van der Waals surface area contributed by atoms with Gasteiger partial charge in [-0.3, -0.25) is 0 Å². The molecule has 2 aromatic rings. The van der Waals surface area contributed by atoms with Crippen molar-refractivity contribution in [3.05, 3.63) is 71.3 Å². The highest BCUT2D eigenvalue weighted by atomic mass is 16.7. The van der Waals surface area contributed by atoms with Crippen molar-refractivity contribution in [1.82, 2.24) is 0 Å². The fraction of sp³-hybridized carbons (Fsp3) is 0.368. The zero-order chi connectivity index (χ0) is 16.1. The van der Waals surface area contributed by atoms with E-state index >= 15 is 0 Å².